The Kier molecular flexibility index (Phi) is 5.28. The van der Waals surface area contributed by atoms with Crippen molar-refractivity contribution in [3.8, 4) is 0 Å². The molecule has 5 heteroatoms. The minimum Gasteiger partial charge on any atom is -0.339 e. The van der Waals surface area contributed by atoms with Crippen molar-refractivity contribution >= 4 is 27.5 Å². The fourth-order valence-electron chi connectivity index (χ4n) is 3.29. The zero-order chi connectivity index (χ0) is 16.2. The Morgan fingerprint density at radius 3 is 2.87 bits per heavy atom. The summed E-state index contributed by atoms with van der Waals surface area (Å²) < 4.78 is 1.19. The summed E-state index contributed by atoms with van der Waals surface area (Å²) in [6.45, 7) is 5.01. The van der Waals surface area contributed by atoms with Gasteiger partial charge in [-0.05, 0) is 49.9 Å². The van der Waals surface area contributed by atoms with Crippen LogP contribution < -0.4 is 5.32 Å². The van der Waals surface area contributed by atoms with Gasteiger partial charge in [0.1, 0.15) is 5.01 Å². The molecule has 1 unspecified atom stereocenters. The van der Waals surface area contributed by atoms with Crippen LogP contribution in [0.2, 0.25) is 0 Å². The van der Waals surface area contributed by atoms with E-state index < -0.39 is 0 Å². The summed E-state index contributed by atoms with van der Waals surface area (Å²) in [6.07, 6.45) is 3.03. The van der Waals surface area contributed by atoms with Crippen LogP contribution in [0.5, 0.6) is 0 Å². The SMILES string of the molecule is CC(CC(=O)N(C)Cc1nc2ccccc2s1)C1CCNCC1. The summed E-state index contributed by atoms with van der Waals surface area (Å²) in [5.41, 5.74) is 1.02. The highest BCUT2D eigenvalue weighted by atomic mass is 32.1. The van der Waals surface area contributed by atoms with E-state index in [1.807, 2.05) is 30.1 Å². The monoisotopic (exact) mass is 331 g/mol. The third-order valence-electron chi connectivity index (χ3n) is 4.82. The molecule has 1 aliphatic heterocycles. The van der Waals surface area contributed by atoms with Crippen LogP contribution in [0.4, 0.5) is 0 Å². The first kappa shape index (κ1) is 16.4. The number of hydrogen-bond acceptors (Lipinski definition) is 4. The van der Waals surface area contributed by atoms with Crippen molar-refractivity contribution in [2.45, 2.75) is 32.7 Å². The van der Waals surface area contributed by atoms with Crippen molar-refractivity contribution in [1.82, 2.24) is 15.2 Å². The largest absolute Gasteiger partial charge is 0.339 e. The second kappa shape index (κ2) is 7.41. The van der Waals surface area contributed by atoms with Crippen LogP contribution in [0.15, 0.2) is 24.3 Å². The van der Waals surface area contributed by atoms with Gasteiger partial charge in [-0.1, -0.05) is 19.1 Å². The smallest absolute Gasteiger partial charge is 0.222 e. The molecule has 124 valence electrons. The lowest BCUT2D eigenvalue weighted by molar-refractivity contribution is -0.131. The minimum atomic E-state index is 0.232. The summed E-state index contributed by atoms with van der Waals surface area (Å²) >= 11 is 1.68. The van der Waals surface area contributed by atoms with E-state index in [1.165, 1.54) is 17.5 Å². The molecule has 4 nitrogen and oxygen atoms in total. The first-order chi connectivity index (χ1) is 11.1. The number of hydrogen-bond donors (Lipinski definition) is 1. The summed E-state index contributed by atoms with van der Waals surface area (Å²) in [5.74, 6) is 1.37. The van der Waals surface area contributed by atoms with Gasteiger partial charge < -0.3 is 10.2 Å². The molecule has 0 bridgehead atoms. The lowest BCUT2D eigenvalue weighted by Crippen LogP contribution is -2.34. The van der Waals surface area contributed by atoms with Gasteiger partial charge in [-0.15, -0.1) is 11.3 Å². The molecule has 0 radical (unpaired) electrons. The zero-order valence-electron chi connectivity index (χ0n) is 13.9. The average Bonchev–Trinajstić information content (AvgIpc) is 2.97. The number of thiazole rings is 1. The Morgan fingerprint density at radius 2 is 2.13 bits per heavy atom. The van der Waals surface area contributed by atoms with Gasteiger partial charge in [-0.2, -0.15) is 0 Å². The molecule has 2 aromatic rings. The highest BCUT2D eigenvalue weighted by Crippen LogP contribution is 2.26. The average molecular weight is 331 g/mol. The van der Waals surface area contributed by atoms with Gasteiger partial charge in [0.15, 0.2) is 0 Å². The maximum absolute atomic E-state index is 12.5. The van der Waals surface area contributed by atoms with E-state index in [4.69, 9.17) is 0 Å². The molecule has 1 fully saturated rings. The maximum atomic E-state index is 12.5. The predicted molar refractivity (Wildman–Crippen MR) is 95.5 cm³/mol. The fourth-order valence-corrected chi connectivity index (χ4v) is 4.31. The molecular weight excluding hydrogens is 306 g/mol. The molecular formula is C18H25N3OS. The third kappa shape index (κ3) is 4.09. The number of benzene rings is 1. The molecule has 1 amide bonds. The van der Waals surface area contributed by atoms with E-state index in [0.29, 0.717) is 24.8 Å². The standard InChI is InChI=1S/C18H25N3OS/c1-13(14-7-9-19-10-8-14)11-18(22)21(2)12-17-20-15-5-3-4-6-16(15)23-17/h3-6,13-14,19H,7-12H2,1-2H3. The number of fused-ring (bicyclic) bond motifs is 1. The van der Waals surface area contributed by atoms with Gasteiger partial charge in [-0.3, -0.25) is 4.79 Å². The maximum Gasteiger partial charge on any atom is 0.222 e. The molecule has 1 N–H and O–H groups in total. The molecule has 0 spiro atoms. The Labute approximate surface area is 141 Å². The molecule has 1 atom stereocenters. The van der Waals surface area contributed by atoms with Crippen molar-refractivity contribution in [2.75, 3.05) is 20.1 Å². The Bertz CT molecular complexity index is 630. The van der Waals surface area contributed by atoms with Crippen molar-refractivity contribution < 1.29 is 4.79 Å². The topological polar surface area (TPSA) is 45.2 Å². The Morgan fingerprint density at radius 1 is 1.39 bits per heavy atom. The van der Waals surface area contributed by atoms with Crippen LogP contribution in [-0.2, 0) is 11.3 Å². The van der Waals surface area contributed by atoms with E-state index in [0.717, 1.165) is 23.6 Å². The lowest BCUT2D eigenvalue weighted by atomic mass is 9.84. The van der Waals surface area contributed by atoms with Gasteiger partial charge in [0.2, 0.25) is 5.91 Å². The van der Waals surface area contributed by atoms with Gasteiger partial charge >= 0.3 is 0 Å². The van der Waals surface area contributed by atoms with Crippen LogP contribution >= 0.6 is 11.3 Å². The van der Waals surface area contributed by atoms with Crippen LogP contribution in [0.25, 0.3) is 10.2 Å². The van der Waals surface area contributed by atoms with Crippen molar-refractivity contribution in [2.24, 2.45) is 11.8 Å². The van der Waals surface area contributed by atoms with Gasteiger partial charge in [0.05, 0.1) is 16.8 Å². The predicted octanol–water partition coefficient (Wildman–Crippen LogP) is 3.28. The highest BCUT2D eigenvalue weighted by Gasteiger charge is 2.23. The second-order valence-electron chi connectivity index (χ2n) is 6.59. The fraction of sp³-hybridized carbons (Fsp3) is 0.556. The van der Waals surface area contributed by atoms with E-state index >= 15 is 0 Å². The lowest BCUT2D eigenvalue weighted by Gasteiger charge is -2.29. The van der Waals surface area contributed by atoms with Crippen molar-refractivity contribution in [3.05, 3.63) is 29.3 Å². The molecule has 23 heavy (non-hydrogen) atoms. The summed E-state index contributed by atoms with van der Waals surface area (Å²) in [7, 11) is 1.89. The highest BCUT2D eigenvalue weighted by molar-refractivity contribution is 7.18. The molecule has 1 aromatic heterocycles. The number of carbonyl (C=O) groups excluding carboxylic acids is 1. The first-order valence-corrected chi connectivity index (χ1v) is 9.24. The Hall–Kier alpha value is -1.46. The zero-order valence-corrected chi connectivity index (χ0v) is 14.7. The number of nitrogens with one attached hydrogen (secondary N) is 1. The van der Waals surface area contributed by atoms with E-state index in [1.54, 1.807) is 11.3 Å². The molecule has 3 rings (SSSR count). The number of aromatic nitrogens is 1. The number of amides is 1. The number of piperidine rings is 1. The quantitative estimate of drug-likeness (QED) is 0.914. The molecule has 2 heterocycles. The van der Waals surface area contributed by atoms with Crippen LogP contribution in [-0.4, -0.2) is 35.9 Å². The molecule has 0 saturated carbocycles. The van der Waals surface area contributed by atoms with Crippen molar-refractivity contribution in [1.29, 1.82) is 0 Å². The van der Waals surface area contributed by atoms with Crippen LogP contribution in [0, 0.1) is 11.8 Å². The van der Waals surface area contributed by atoms with Crippen molar-refractivity contribution in [3.63, 3.8) is 0 Å². The number of carbonyl (C=O) groups is 1. The molecule has 1 aromatic carbocycles. The van der Waals surface area contributed by atoms with Gasteiger partial charge in [0, 0.05) is 13.5 Å². The van der Waals surface area contributed by atoms with Gasteiger partial charge in [0.25, 0.3) is 0 Å². The summed E-state index contributed by atoms with van der Waals surface area (Å²) in [5, 5.41) is 4.40. The number of rotatable bonds is 5. The van der Waals surface area contributed by atoms with E-state index in [2.05, 4.69) is 23.3 Å². The molecule has 1 aliphatic rings. The second-order valence-corrected chi connectivity index (χ2v) is 7.71. The first-order valence-electron chi connectivity index (χ1n) is 8.42. The minimum absolute atomic E-state index is 0.232. The summed E-state index contributed by atoms with van der Waals surface area (Å²) in [4.78, 5) is 19.0. The van der Waals surface area contributed by atoms with Gasteiger partial charge in [-0.25, -0.2) is 4.98 Å². The molecule has 0 aliphatic carbocycles. The molecule has 1 saturated heterocycles. The third-order valence-corrected chi connectivity index (χ3v) is 5.84. The number of para-hydroxylation sites is 1. The summed E-state index contributed by atoms with van der Waals surface area (Å²) in [6, 6.07) is 8.13. The number of nitrogens with zero attached hydrogens (tertiary/aromatic N) is 2. The van der Waals surface area contributed by atoms with Crippen LogP contribution in [0.3, 0.4) is 0 Å². The van der Waals surface area contributed by atoms with Crippen LogP contribution in [0.1, 0.15) is 31.2 Å². The van der Waals surface area contributed by atoms with E-state index in [9.17, 15) is 4.79 Å². The Balaban J connectivity index is 1.56. The normalized spacial score (nSPS) is 17.3. The van der Waals surface area contributed by atoms with E-state index in [-0.39, 0.29) is 5.91 Å².